The van der Waals surface area contributed by atoms with Crippen molar-refractivity contribution in [3.05, 3.63) is 29.7 Å². The van der Waals surface area contributed by atoms with E-state index in [9.17, 15) is 18.4 Å². The number of aromatic nitrogens is 3. The molecule has 2 heterocycles. The van der Waals surface area contributed by atoms with E-state index in [0.29, 0.717) is 6.54 Å². The van der Waals surface area contributed by atoms with Gasteiger partial charge in [0.25, 0.3) is 5.88 Å². The van der Waals surface area contributed by atoms with E-state index in [2.05, 4.69) is 25.6 Å². The molecule has 0 unspecified atom stereocenters. The summed E-state index contributed by atoms with van der Waals surface area (Å²) in [4.78, 5) is 13.9. The second-order valence-electron chi connectivity index (χ2n) is 6.20. The van der Waals surface area contributed by atoms with Crippen LogP contribution in [0, 0.1) is 11.3 Å². The van der Waals surface area contributed by atoms with Gasteiger partial charge in [0, 0.05) is 25.9 Å². The molecular weight excluding hydrogens is 375 g/mol. The van der Waals surface area contributed by atoms with E-state index in [-0.39, 0.29) is 35.0 Å². The number of likely N-dealkylation sites (N-methyl/N-ethyl adjacent to an activating group) is 1. The molecule has 2 aromatic rings. The van der Waals surface area contributed by atoms with Crippen LogP contribution in [0.4, 0.5) is 30.5 Å². The Morgan fingerprint density at radius 3 is 2.54 bits per heavy atom. The van der Waals surface area contributed by atoms with Gasteiger partial charge in [-0.1, -0.05) is 0 Å². The smallest absolute Gasteiger partial charge is 0.419 e. The number of halogens is 3. The Bertz CT molecular complexity index is 865. The molecule has 0 aliphatic rings. The Morgan fingerprint density at radius 2 is 1.96 bits per heavy atom. The Labute approximate surface area is 160 Å². The number of ether oxygens (including phenoxy) is 1. The molecule has 0 radical (unpaired) electrons. The zero-order valence-electron chi connectivity index (χ0n) is 15.8. The summed E-state index contributed by atoms with van der Waals surface area (Å²) in [6.45, 7) is 2.41. The SMILES string of the molecule is CNc1cc(Nc2cnc(C#N)c(O[C@H](C)CN(C)C)n2)ncc1C(F)(F)F. The third-order valence-corrected chi connectivity index (χ3v) is 3.52. The van der Waals surface area contributed by atoms with Gasteiger partial charge in [-0.05, 0) is 21.0 Å². The maximum atomic E-state index is 13.0. The molecule has 8 nitrogen and oxygen atoms in total. The normalized spacial score (nSPS) is 12.4. The number of pyridine rings is 1. The van der Waals surface area contributed by atoms with Crippen LogP contribution < -0.4 is 15.4 Å². The van der Waals surface area contributed by atoms with Crippen molar-refractivity contribution in [1.82, 2.24) is 19.9 Å². The van der Waals surface area contributed by atoms with E-state index in [1.165, 1.54) is 19.3 Å². The molecule has 2 N–H and O–H groups in total. The van der Waals surface area contributed by atoms with Crippen molar-refractivity contribution in [3.8, 4) is 11.9 Å². The number of hydrogen-bond acceptors (Lipinski definition) is 8. The average Bonchev–Trinajstić information content (AvgIpc) is 2.60. The number of anilines is 3. The first kappa shape index (κ1) is 21.2. The molecule has 2 rings (SSSR count). The highest BCUT2D eigenvalue weighted by molar-refractivity contribution is 5.62. The largest absolute Gasteiger partial charge is 0.471 e. The molecule has 28 heavy (non-hydrogen) atoms. The van der Waals surface area contributed by atoms with Gasteiger partial charge in [-0.2, -0.15) is 23.4 Å². The van der Waals surface area contributed by atoms with Crippen LogP contribution in [-0.4, -0.2) is 53.6 Å². The van der Waals surface area contributed by atoms with Gasteiger partial charge >= 0.3 is 6.18 Å². The lowest BCUT2D eigenvalue weighted by atomic mass is 10.2. The molecule has 0 bridgehead atoms. The van der Waals surface area contributed by atoms with Crippen molar-refractivity contribution >= 4 is 17.3 Å². The topological polar surface area (TPSA) is 99.0 Å². The van der Waals surface area contributed by atoms with Gasteiger partial charge in [-0.3, -0.25) is 0 Å². The zero-order chi connectivity index (χ0) is 20.9. The number of nitrogens with one attached hydrogen (secondary N) is 2. The van der Waals surface area contributed by atoms with Gasteiger partial charge in [0.05, 0.1) is 17.4 Å². The third kappa shape index (κ3) is 5.43. The van der Waals surface area contributed by atoms with Crippen LogP contribution in [0.25, 0.3) is 0 Å². The molecule has 0 spiro atoms. The van der Waals surface area contributed by atoms with Gasteiger partial charge in [-0.15, -0.1) is 0 Å². The van der Waals surface area contributed by atoms with Crippen LogP contribution in [0.3, 0.4) is 0 Å². The fourth-order valence-electron chi connectivity index (χ4n) is 2.42. The fraction of sp³-hybridized carbons (Fsp3) is 0.412. The van der Waals surface area contributed by atoms with Gasteiger partial charge < -0.3 is 20.3 Å². The fourth-order valence-corrected chi connectivity index (χ4v) is 2.42. The highest BCUT2D eigenvalue weighted by atomic mass is 19.4. The van der Waals surface area contributed by atoms with Crippen LogP contribution in [0.1, 0.15) is 18.2 Å². The molecule has 150 valence electrons. The van der Waals surface area contributed by atoms with E-state index in [0.717, 1.165) is 6.20 Å². The van der Waals surface area contributed by atoms with Crippen LogP contribution >= 0.6 is 0 Å². The van der Waals surface area contributed by atoms with Crippen LogP contribution in [0.15, 0.2) is 18.5 Å². The average molecular weight is 395 g/mol. The van der Waals surface area contributed by atoms with E-state index in [4.69, 9.17) is 4.74 Å². The van der Waals surface area contributed by atoms with Crippen molar-refractivity contribution < 1.29 is 17.9 Å². The summed E-state index contributed by atoms with van der Waals surface area (Å²) in [7, 11) is 5.14. The lowest BCUT2D eigenvalue weighted by molar-refractivity contribution is -0.137. The second-order valence-corrected chi connectivity index (χ2v) is 6.20. The first-order chi connectivity index (χ1) is 13.1. The molecule has 11 heteroatoms. The third-order valence-electron chi connectivity index (χ3n) is 3.52. The molecule has 2 aromatic heterocycles. The van der Waals surface area contributed by atoms with Crippen LogP contribution in [0.5, 0.6) is 5.88 Å². The second kappa shape index (κ2) is 8.71. The minimum Gasteiger partial charge on any atom is -0.471 e. The monoisotopic (exact) mass is 395 g/mol. The summed E-state index contributed by atoms with van der Waals surface area (Å²) in [6.07, 6.45) is -2.78. The minimum absolute atomic E-state index is 0.00690. The minimum atomic E-state index is -4.53. The predicted octanol–water partition coefficient (Wildman–Crippen LogP) is 2.88. The Hall–Kier alpha value is -3.13. The van der Waals surface area contributed by atoms with Crippen molar-refractivity contribution in [2.24, 2.45) is 0 Å². The maximum absolute atomic E-state index is 13.0. The van der Waals surface area contributed by atoms with E-state index < -0.39 is 11.7 Å². The Balaban J connectivity index is 2.27. The Kier molecular flexibility index (Phi) is 6.58. The molecule has 1 atom stereocenters. The first-order valence-corrected chi connectivity index (χ1v) is 8.24. The summed E-state index contributed by atoms with van der Waals surface area (Å²) in [5, 5.41) is 14.4. The maximum Gasteiger partial charge on any atom is 0.419 e. The highest BCUT2D eigenvalue weighted by Gasteiger charge is 2.34. The van der Waals surface area contributed by atoms with Crippen molar-refractivity contribution in [1.29, 1.82) is 5.26 Å². The summed E-state index contributed by atoms with van der Waals surface area (Å²) in [5.41, 5.74) is -1.01. The molecule has 0 saturated carbocycles. The van der Waals surface area contributed by atoms with Crippen LogP contribution in [-0.2, 0) is 6.18 Å². The predicted molar refractivity (Wildman–Crippen MR) is 97.5 cm³/mol. The Morgan fingerprint density at radius 1 is 1.25 bits per heavy atom. The summed E-state index contributed by atoms with van der Waals surface area (Å²) >= 11 is 0. The lowest BCUT2D eigenvalue weighted by Crippen LogP contribution is -2.28. The summed E-state index contributed by atoms with van der Waals surface area (Å²) in [6, 6.07) is 3.10. The van der Waals surface area contributed by atoms with Crippen LogP contribution in [0.2, 0.25) is 0 Å². The summed E-state index contributed by atoms with van der Waals surface area (Å²) < 4.78 is 44.6. The van der Waals surface area contributed by atoms with Gasteiger partial charge in [-0.25, -0.2) is 9.97 Å². The molecule has 0 saturated heterocycles. The van der Waals surface area contributed by atoms with E-state index in [1.54, 1.807) is 0 Å². The van der Waals surface area contributed by atoms with Crippen molar-refractivity contribution in [2.45, 2.75) is 19.2 Å². The number of nitrogens with zero attached hydrogens (tertiary/aromatic N) is 5. The highest BCUT2D eigenvalue weighted by Crippen LogP contribution is 2.35. The number of nitriles is 1. The van der Waals surface area contributed by atoms with Crippen molar-refractivity contribution in [3.63, 3.8) is 0 Å². The summed E-state index contributed by atoms with van der Waals surface area (Å²) in [5.74, 6) is 0.339. The standard InChI is InChI=1S/C17H20F3N7O/c1-10(9-27(3)4)28-16-13(6-21)23-8-15(26-16)25-14-5-12(22-2)11(7-24-14)17(18,19)20/h5,7-8,10H,9H2,1-4H3,(H2,22,24,25,26)/t10-/m1/s1. The molecule has 0 aliphatic carbocycles. The molecule has 0 aromatic carbocycles. The van der Waals surface area contributed by atoms with Crippen molar-refractivity contribution in [2.75, 3.05) is 38.3 Å². The van der Waals surface area contributed by atoms with Gasteiger partial charge in [0.2, 0.25) is 5.69 Å². The molecular formula is C17H20F3N7O. The first-order valence-electron chi connectivity index (χ1n) is 8.24. The number of hydrogen-bond donors (Lipinski definition) is 2. The van der Waals surface area contributed by atoms with Gasteiger partial charge in [0.1, 0.15) is 18.0 Å². The number of rotatable bonds is 7. The molecule has 0 fully saturated rings. The van der Waals surface area contributed by atoms with E-state index >= 15 is 0 Å². The zero-order valence-corrected chi connectivity index (χ0v) is 15.8. The molecule has 0 amide bonds. The lowest BCUT2D eigenvalue weighted by Gasteiger charge is -2.18. The van der Waals surface area contributed by atoms with E-state index in [1.807, 2.05) is 32.0 Å². The number of alkyl halides is 3. The quantitative estimate of drug-likeness (QED) is 0.738. The molecule has 0 aliphatic heterocycles. The van der Waals surface area contributed by atoms with Gasteiger partial charge in [0.15, 0.2) is 5.82 Å².